The molecule has 58 heavy (non-hydrogen) atoms. The number of sulfonamides is 1. The number of hydrogen-bond donors (Lipinski definition) is 3. The van der Waals surface area contributed by atoms with E-state index in [1.54, 1.807) is 12.1 Å². The molecule has 3 heterocycles. The number of rotatable bonds is 7. The molecule has 17 heteroatoms. The highest BCUT2D eigenvalue weighted by molar-refractivity contribution is 7.91. The van der Waals surface area contributed by atoms with Gasteiger partial charge in [0.25, 0.3) is 17.5 Å². The van der Waals surface area contributed by atoms with Crippen LogP contribution in [-0.2, 0) is 35.7 Å². The van der Waals surface area contributed by atoms with Crippen LogP contribution in [0.5, 0.6) is 6.01 Å². The third kappa shape index (κ3) is 7.82. The molecule has 1 aromatic heterocycles. The molecule has 1 saturated heterocycles. The van der Waals surface area contributed by atoms with Crippen LogP contribution in [0.4, 0.5) is 4.79 Å². The molecule has 4 aliphatic carbocycles. The highest BCUT2D eigenvalue weighted by Gasteiger charge is 2.62. The average Bonchev–Trinajstić information content (AvgIpc) is 3.99. The van der Waals surface area contributed by atoms with E-state index in [2.05, 4.69) is 33.0 Å². The molecular weight excluding hydrogens is 767 g/mol. The molecule has 4 saturated carbocycles. The van der Waals surface area contributed by atoms with Crippen LogP contribution in [0.25, 0.3) is 10.9 Å². The third-order valence-corrected chi connectivity index (χ3v) is 14.7. The molecular formula is C41H49N7O9S. The highest BCUT2D eigenvalue weighted by atomic mass is 32.2. The van der Waals surface area contributed by atoms with Gasteiger partial charge in [-0.1, -0.05) is 31.1 Å². The maximum absolute atomic E-state index is 14.9. The highest BCUT2D eigenvalue weighted by Crippen LogP contribution is 2.45. The van der Waals surface area contributed by atoms with Crippen LogP contribution in [0.15, 0.2) is 47.8 Å². The minimum absolute atomic E-state index is 0.0586. The van der Waals surface area contributed by atoms with Crippen LogP contribution in [0.1, 0.15) is 89.0 Å². The molecule has 308 valence electrons. The first-order valence-electron chi connectivity index (χ1n) is 20.5. The second-order valence-electron chi connectivity index (χ2n) is 16.7. The Balaban J connectivity index is 1.16. The number of nitrogens with zero attached hydrogens (tertiary/aromatic N) is 4. The fourth-order valence-corrected chi connectivity index (χ4v) is 10.7. The van der Waals surface area contributed by atoms with Crippen molar-refractivity contribution in [3.63, 3.8) is 0 Å². The van der Waals surface area contributed by atoms with Gasteiger partial charge in [-0.05, 0) is 94.2 Å². The van der Waals surface area contributed by atoms with Gasteiger partial charge in [0.05, 0.1) is 34.3 Å². The Morgan fingerprint density at radius 2 is 1.79 bits per heavy atom. The van der Waals surface area contributed by atoms with E-state index >= 15 is 0 Å². The van der Waals surface area contributed by atoms with Gasteiger partial charge in [0, 0.05) is 18.9 Å². The third-order valence-electron chi connectivity index (χ3n) is 12.8. The smallest absolute Gasteiger partial charge is 0.408 e. The van der Waals surface area contributed by atoms with Gasteiger partial charge in [-0.3, -0.25) is 28.5 Å². The molecule has 0 unspecified atom stereocenters. The molecule has 0 radical (unpaired) electrons. The Kier molecular flexibility index (Phi) is 10.8. The maximum atomic E-state index is 14.9. The standard InChI is InChI=1S/C41H49N7O9S/c1-2-27-21-41(27,38(52)46-58(54,55)29-15-16-29)45-35(49)32-20-28-23-48(32)37(51)34(26-10-5-6-11-26)44-40(53)57-33-13-8-12-25(33)9-4-3-7-18-47-36(50)30-17-14-24(22-42)19-31(30)43-39(47)56-28/h2-3,7,14,17,19,25-29,32-34H,1,4-6,8-13,15-16,18,20-21,23H2,(H,44,53)(H,45,49)(H,46,52)/b7-3+/t25-,27-,28-,32+,33-,34+,41-/m1/s1. The second kappa shape index (κ2) is 15.8. The van der Waals surface area contributed by atoms with Gasteiger partial charge in [-0.25, -0.2) is 13.2 Å². The first-order chi connectivity index (χ1) is 27.9. The summed E-state index contributed by atoms with van der Waals surface area (Å²) >= 11 is 0. The number of nitriles is 1. The summed E-state index contributed by atoms with van der Waals surface area (Å²) in [6.45, 7) is 3.76. The van der Waals surface area contributed by atoms with Crippen molar-refractivity contribution >= 4 is 44.7 Å². The first-order valence-corrected chi connectivity index (χ1v) is 22.0. The van der Waals surface area contributed by atoms with Gasteiger partial charge in [0.15, 0.2) is 0 Å². The zero-order valence-electron chi connectivity index (χ0n) is 32.3. The lowest BCUT2D eigenvalue weighted by atomic mass is 9.96. The van der Waals surface area contributed by atoms with Gasteiger partial charge in [0.1, 0.15) is 29.8 Å². The van der Waals surface area contributed by atoms with Gasteiger partial charge in [-0.2, -0.15) is 10.2 Å². The number of alkyl carbamates (subject to hydrolysis) is 1. The van der Waals surface area contributed by atoms with E-state index in [1.165, 1.54) is 21.6 Å². The first kappa shape index (κ1) is 39.6. The Hall–Kier alpha value is -5.24. The van der Waals surface area contributed by atoms with Gasteiger partial charge in [-0.15, -0.1) is 6.58 Å². The van der Waals surface area contributed by atoms with Gasteiger partial charge < -0.3 is 25.0 Å². The van der Waals surface area contributed by atoms with E-state index in [-0.39, 0.29) is 60.8 Å². The molecule has 16 nitrogen and oxygen atoms in total. The van der Waals surface area contributed by atoms with Crippen LogP contribution in [-0.4, -0.2) is 88.3 Å². The molecule has 3 N–H and O–H groups in total. The van der Waals surface area contributed by atoms with Crippen molar-refractivity contribution in [3.05, 3.63) is 58.9 Å². The van der Waals surface area contributed by atoms with E-state index in [9.17, 15) is 37.7 Å². The summed E-state index contributed by atoms with van der Waals surface area (Å²) in [4.78, 5) is 76.6. The number of hydrogen-bond acceptors (Lipinski definition) is 11. The van der Waals surface area contributed by atoms with E-state index in [0.29, 0.717) is 44.1 Å². The summed E-state index contributed by atoms with van der Waals surface area (Å²) in [5, 5.41) is 14.9. The zero-order valence-corrected chi connectivity index (χ0v) is 33.1. The molecule has 7 atom stereocenters. The van der Waals surface area contributed by atoms with Crippen molar-refractivity contribution in [1.82, 2.24) is 29.8 Å². The molecule has 6 aliphatic rings. The van der Waals surface area contributed by atoms with Gasteiger partial charge in [0.2, 0.25) is 21.8 Å². The molecule has 5 fully saturated rings. The summed E-state index contributed by atoms with van der Waals surface area (Å²) < 4.78 is 41.6. The Labute approximate surface area is 336 Å². The predicted octanol–water partition coefficient (Wildman–Crippen LogP) is 3.09. The number of amides is 4. The van der Waals surface area contributed by atoms with Gasteiger partial charge >= 0.3 is 6.09 Å². The normalized spacial score (nSPS) is 31.0. The molecule has 4 amide bonds. The van der Waals surface area contributed by atoms with E-state index in [0.717, 1.165) is 32.1 Å². The van der Waals surface area contributed by atoms with Crippen molar-refractivity contribution in [2.45, 2.75) is 125 Å². The topological polar surface area (TPSA) is 219 Å². The van der Waals surface area contributed by atoms with Crippen LogP contribution in [0.2, 0.25) is 0 Å². The SMILES string of the molecule is C=C[C@@H]1C[C@]1(NC(=O)[C@@H]1C[C@@H]2CN1C(=O)[C@H](C1CCCC1)NC(=O)O[C@@H]1CCC[C@H]1CC/C=C/Cn1c(nc3cc(C#N)ccc3c1=O)O2)C(=O)NS(=O)(=O)C1CC1. The lowest BCUT2D eigenvalue weighted by Gasteiger charge is -2.32. The van der Waals surface area contributed by atoms with Crippen molar-refractivity contribution in [1.29, 1.82) is 5.26 Å². The summed E-state index contributed by atoms with van der Waals surface area (Å²) in [5.74, 6) is -2.76. The molecule has 2 bridgehead atoms. The fourth-order valence-electron chi connectivity index (χ4n) is 9.31. The Bertz CT molecular complexity index is 2260. The van der Waals surface area contributed by atoms with Crippen LogP contribution in [0, 0.1) is 29.1 Å². The quantitative estimate of drug-likeness (QED) is 0.345. The second-order valence-corrected chi connectivity index (χ2v) is 18.6. The molecule has 0 spiro atoms. The Morgan fingerprint density at radius 1 is 1.02 bits per heavy atom. The molecule has 2 aliphatic heterocycles. The summed E-state index contributed by atoms with van der Waals surface area (Å²) in [6.07, 6.45) is 11.3. The summed E-state index contributed by atoms with van der Waals surface area (Å²) in [7, 11) is -3.94. The van der Waals surface area contributed by atoms with Crippen LogP contribution in [0.3, 0.4) is 0 Å². The van der Waals surface area contributed by atoms with Crippen molar-refractivity contribution in [2.24, 2.45) is 17.8 Å². The van der Waals surface area contributed by atoms with Crippen molar-refractivity contribution in [2.75, 3.05) is 6.54 Å². The van der Waals surface area contributed by atoms with Crippen molar-refractivity contribution < 1.29 is 37.1 Å². The number of ether oxygens (including phenoxy) is 2. The van der Waals surface area contributed by atoms with Crippen LogP contribution < -0.4 is 25.7 Å². The zero-order chi connectivity index (χ0) is 40.8. The molecule has 1 aromatic carbocycles. The number of nitrogens with one attached hydrogen (secondary N) is 3. The number of benzene rings is 1. The average molecular weight is 816 g/mol. The predicted molar refractivity (Wildman–Crippen MR) is 209 cm³/mol. The number of aromatic nitrogens is 2. The number of carbonyl (C=O) groups excluding carboxylic acids is 4. The van der Waals surface area contributed by atoms with E-state index in [1.807, 2.05) is 12.2 Å². The maximum Gasteiger partial charge on any atom is 0.408 e. The Morgan fingerprint density at radius 3 is 2.52 bits per heavy atom. The minimum Gasteiger partial charge on any atom is -0.459 e. The monoisotopic (exact) mass is 815 g/mol. The minimum atomic E-state index is -3.94. The van der Waals surface area contributed by atoms with E-state index < -0.39 is 74.3 Å². The molecule has 2 aromatic rings. The summed E-state index contributed by atoms with van der Waals surface area (Å²) in [5.41, 5.74) is -1.45. The summed E-state index contributed by atoms with van der Waals surface area (Å²) in [6, 6.07) is 4.37. The van der Waals surface area contributed by atoms with Crippen LogP contribution >= 0.6 is 0 Å². The van der Waals surface area contributed by atoms with Crippen molar-refractivity contribution in [3.8, 4) is 12.1 Å². The fraction of sp³-hybridized carbons (Fsp3) is 0.585. The molecule has 8 rings (SSSR count). The number of fused-ring (bicyclic) bond motifs is 5. The lowest BCUT2D eigenvalue weighted by Crippen LogP contribution is -2.59. The number of allylic oxidation sites excluding steroid dienone is 2. The largest absolute Gasteiger partial charge is 0.459 e. The number of carbonyl (C=O) groups is 4. The lowest BCUT2D eigenvalue weighted by molar-refractivity contribution is -0.142. The van der Waals surface area contributed by atoms with E-state index in [4.69, 9.17) is 9.47 Å².